The van der Waals surface area contributed by atoms with Crippen LogP contribution >= 0.6 is 0 Å². The number of aromatic hydroxyl groups is 1. The quantitative estimate of drug-likeness (QED) is 0.421. The van der Waals surface area contributed by atoms with Crippen LogP contribution in [0, 0.1) is 0 Å². The topological polar surface area (TPSA) is 149 Å². The molecule has 42 heavy (non-hydrogen) atoms. The van der Waals surface area contributed by atoms with Gasteiger partial charge in [-0.3, -0.25) is 14.5 Å². The van der Waals surface area contributed by atoms with Crippen molar-refractivity contribution in [1.82, 2.24) is 15.1 Å². The van der Waals surface area contributed by atoms with Gasteiger partial charge in [-0.15, -0.1) is 0 Å². The van der Waals surface area contributed by atoms with Crippen LogP contribution in [-0.2, 0) is 22.4 Å². The number of benzene rings is 2. The van der Waals surface area contributed by atoms with Crippen molar-refractivity contribution >= 4 is 17.9 Å². The zero-order chi connectivity index (χ0) is 30.2. The van der Waals surface area contributed by atoms with E-state index >= 15 is 0 Å². The lowest BCUT2D eigenvalue weighted by Crippen LogP contribution is -2.64. The van der Waals surface area contributed by atoms with Crippen molar-refractivity contribution in [2.24, 2.45) is 0 Å². The molecule has 0 saturated carbocycles. The maximum Gasteiger partial charge on any atom is 0.412 e. The van der Waals surface area contributed by atoms with Gasteiger partial charge in [0.2, 0.25) is 0 Å². The van der Waals surface area contributed by atoms with Gasteiger partial charge in [0.1, 0.15) is 17.5 Å². The van der Waals surface area contributed by atoms with Gasteiger partial charge in [0.15, 0.2) is 5.72 Å². The largest absolute Gasteiger partial charge is 0.508 e. The van der Waals surface area contributed by atoms with E-state index < -0.39 is 29.4 Å². The normalized spacial score (nSPS) is 24.4. The molecule has 4 atom stereocenters. The first-order valence-corrected chi connectivity index (χ1v) is 14.4. The number of morpholine rings is 1. The summed E-state index contributed by atoms with van der Waals surface area (Å²) in [6.07, 6.45) is 0.354. The van der Waals surface area contributed by atoms with Crippen LogP contribution in [0.3, 0.4) is 0 Å². The van der Waals surface area contributed by atoms with E-state index in [-0.39, 0.29) is 48.8 Å². The van der Waals surface area contributed by atoms with E-state index in [2.05, 4.69) is 5.32 Å². The summed E-state index contributed by atoms with van der Waals surface area (Å²) in [5.74, 6) is -0.577. The van der Waals surface area contributed by atoms with E-state index in [0.717, 1.165) is 24.2 Å². The Labute approximate surface area is 245 Å². The first kappa shape index (κ1) is 29.8. The Bertz CT molecular complexity index is 1320. The lowest BCUT2D eigenvalue weighted by molar-refractivity contribution is -0.177. The van der Waals surface area contributed by atoms with Gasteiger partial charge in [0.25, 0.3) is 11.8 Å². The van der Waals surface area contributed by atoms with Crippen LogP contribution in [0.25, 0.3) is 0 Å². The SMILES string of the molecule is CC(C)(C)OC(=O)N1Cc2cc(O)ccc2C[C@]1(O)[C@H](O)CNC(=O)c1ccc(C(=O)N2C3CCCC2COC3)cc1. The molecule has 3 amide bonds. The molecule has 11 heteroatoms. The number of nitrogens with one attached hydrogen (secondary N) is 1. The summed E-state index contributed by atoms with van der Waals surface area (Å²) in [5.41, 5.74) is -0.931. The molecule has 4 N–H and O–H groups in total. The second-order valence-corrected chi connectivity index (χ2v) is 12.4. The van der Waals surface area contributed by atoms with Gasteiger partial charge in [-0.05, 0) is 87.6 Å². The predicted molar refractivity (Wildman–Crippen MR) is 152 cm³/mol. The number of piperidine rings is 1. The van der Waals surface area contributed by atoms with Crippen molar-refractivity contribution in [2.75, 3.05) is 19.8 Å². The summed E-state index contributed by atoms with van der Waals surface area (Å²) in [6, 6.07) is 11.1. The Morgan fingerprint density at radius 3 is 2.33 bits per heavy atom. The molecular weight excluding hydrogens is 542 g/mol. The second-order valence-electron chi connectivity index (χ2n) is 12.4. The van der Waals surface area contributed by atoms with E-state index in [1.807, 2.05) is 4.90 Å². The van der Waals surface area contributed by atoms with Crippen molar-refractivity contribution in [3.63, 3.8) is 0 Å². The van der Waals surface area contributed by atoms with E-state index in [0.29, 0.717) is 29.9 Å². The van der Waals surface area contributed by atoms with Crippen LogP contribution in [-0.4, -0.2) is 92.3 Å². The number of carbonyl (C=O) groups excluding carboxylic acids is 3. The molecule has 0 aromatic heterocycles. The van der Waals surface area contributed by atoms with Crippen LogP contribution < -0.4 is 5.32 Å². The first-order chi connectivity index (χ1) is 19.9. The standard InChI is InChI=1S/C31H39N3O8/c1-30(2,3)42-29(39)33-16-22-13-25(35)12-11-21(22)14-31(33,40)26(36)15-32-27(37)19-7-9-20(10-8-19)28(38)34-23-5-4-6-24(34)18-41-17-23/h7-13,23-24,26,35-36,40H,4-6,14-18H2,1-3H3,(H,32,37)/t23?,24?,26-,31+/m1/s1. The molecule has 2 fully saturated rings. The fourth-order valence-corrected chi connectivity index (χ4v) is 5.98. The Kier molecular flexibility index (Phi) is 8.19. The molecule has 2 bridgehead atoms. The lowest BCUT2D eigenvalue weighted by atomic mass is 9.87. The second kappa shape index (κ2) is 11.5. The number of rotatable bonds is 5. The number of nitrogens with zero attached hydrogens (tertiary/aromatic N) is 2. The third-order valence-corrected chi connectivity index (χ3v) is 8.15. The minimum Gasteiger partial charge on any atom is -0.508 e. The number of amides is 3. The molecule has 2 unspecified atom stereocenters. The molecule has 3 heterocycles. The maximum absolute atomic E-state index is 13.3. The van der Waals surface area contributed by atoms with E-state index in [1.54, 1.807) is 51.1 Å². The van der Waals surface area contributed by atoms with Crippen molar-refractivity contribution in [1.29, 1.82) is 0 Å². The average molecular weight is 582 g/mol. The van der Waals surface area contributed by atoms with Crippen molar-refractivity contribution in [2.45, 2.75) is 82.5 Å². The molecule has 0 radical (unpaired) electrons. The Morgan fingerprint density at radius 1 is 1.05 bits per heavy atom. The van der Waals surface area contributed by atoms with Crippen LogP contribution in [0.2, 0.25) is 0 Å². The molecule has 2 aromatic rings. The number of phenolic OH excluding ortho intramolecular Hbond substituents is 1. The van der Waals surface area contributed by atoms with Gasteiger partial charge in [-0.25, -0.2) is 4.79 Å². The molecule has 226 valence electrons. The molecule has 2 saturated heterocycles. The number of aliphatic hydroxyl groups excluding tert-OH is 1. The molecule has 0 aliphatic carbocycles. The molecule has 5 rings (SSSR count). The zero-order valence-corrected chi connectivity index (χ0v) is 24.2. The third kappa shape index (κ3) is 6.08. The monoisotopic (exact) mass is 581 g/mol. The van der Waals surface area contributed by atoms with Crippen molar-refractivity contribution < 1.29 is 39.2 Å². The highest BCUT2D eigenvalue weighted by Gasteiger charge is 2.49. The molecule has 0 spiro atoms. The molecule has 2 aromatic carbocycles. The Balaban J connectivity index is 1.27. The maximum atomic E-state index is 13.3. The minimum absolute atomic E-state index is 0.0108. The smallest absolute Gasteiger partial charge is 0.412 e. The summed E-state index contributed by atoms with van der Waals surface area (Å²) in [7, 11) is 0. The molecule has 11 nitrogen and oxygen atoms in total. The van der Waals surface area contributed by atoms with Gasteiger partial charge in [0.05, 0.1) is 31.8 Å². The van der Waals surface area contributed by atoms with E-state index in [1.165, 1.54) is 12.1 Å². The number of aliphatic hydroxyl groups is 2. The highest BCUT2D eigenvalue weighted by Crippen LogP contribution is 2.35. The summed E-state index contributed by atoms with van der Waals surface area (Å²) in [6.45, 7) is 5.68. The fourth-order valence-electron chi connectivity index (χ4n) is 5.98. The Morgan fingerprint density at radius 2 is 1.69 bits per heavy atom. The number of carbonyl (C=O) groups is 3. The average Bonchev–Trinajstić information content (AvgIpc) is 2.94. The first-order valence-electron chi connectivity index (χ1n) is 14.4. The van der Waals surface area contributed by atoms with E-state index in [4.69, 9.17) is 9.47 Å². The van der Waals surface area contributed by atoms with Crippen LogP contribution in [0.1, 0.15) is 71.9 Å². The number of fused-ring (bicyclic) bond motifs is 3. The van der Waals surface area contributed by atoms with Gasteiger partial charge in [0, 0.05) is 24.1 Å². The molecule has 3 aliphatic rings. The van der Waals surface area contributed by atoms with Gasteiger partial charge >= 0.3 is 6.09 Å². The highest BCUT2D eigenvalue weighted by molar-refractivity contribution is 5.98. The lowest BCUT2D eigenvalue weighted by Gasteiger charge is -2.46. The number of hydrogen-bond acceptors (Lipinski definition) is 8. The van der Waals surface area contributed by atoms with Crippen molar-refractivity contribution in [3.05, 3.63) is 64.7 Å². The zero-order valence-electron chi connectivity index (χ0n) is 24.2. The van der Waals surface area contributed by atoms with E-state index in [9.17, 15) is 29.7 Å². The summed E-state index contributed by atoms with van der Waals surface area (Å²) < 4.78 is 11.1. The fraction of sp³-hybridized carbons (Fsp3) is 0.516. The number of hydrogen-bond donors (Lipinski definition) is 4. The minimum atomic E-state index is -2.09. The summed E-state index contributed by atoms with van der Waals surface area (Å²) >= 11 is 0. The van der Waals surface area contributed by atoms with Crippen molar-refractivity contribution in [3.8, 4) is 5.75 Å². The van der Waals surface area contributed by atoms with Crippen LogP contribution in [0.4, 0.5) is 4.79 Å². The summed E-state index contributed by atoms with van der Waals surface area (Å²) in [4.78, 5) is 42.3. The van der Waals surface area contributed by atoms with Crippen LogP contribution in [0.15, 0.2) is 42.5 Å². The van der Waals surface area contributed by atoms with Crippen LogP contribution in [0.5, 0.6) is 5.75 Å². The molecular formula is C31H39N3O8. The molecule has 3 aliphatic heterocycles. The predicted octanol–water partition coefficient (Wildman–Crippen LogP) is 2.56. The number of ether oxygens (including phenoxy) is 2. The third-order valence-electron chi connectivity index (χ3n) is 8.15. The Hall–Kier alpha value is -3.67. The highest BCUT2D eigenvalue weighted by atomic mass is 16.6. The van der Waals surface area contributed by atoms with Gasteiger partial charge in [-0.2, -0.15) is 0 Å². The summed E-state index contributed by atoms with van der Waals surface area (Å²) in [5, 5.41) is 35.4. The number of phenols is 1. The van der Waals surface area contributed by atoms with Gasteiger partial charge in [-0.1, -0.05) is 6.07 Å². The van der Waals surface area contributed by atoms with Gasteiger partial charge < -0.3 is 35.0 Å².